The van der Waals surface area contributed by atoms with Gasteiger partial charge < -0.3 is 29.9 Å². The number of aryl methyl sites for hydroxylation is 2. The van der Waals surface area contributed by atoms with E-state index in [4.69, 9.17) is 65.9 Å². The molecule has 0 aliphatic carbocycles. The topological polar surface area (TPSA) is 172 Å². The van der Waals surface area contributed by atoms with Gasteiger partial charge in [-0.05, 0) is 106 Å². The minimum absolute atomic E-state index is 0.0422. The molecule has 0 amide bonds. The second-order valence-electron chi connectivity index (χ2n) is 14.5. The summed E-state index contributed by atoms with van der Waals surface area (Å²) in [4.78, 5) is 33.3. The van der Waals surface area contributed by atoms with Crippen LogP contribution in [-0.2, 0) is 25.6 Å². The van der Waals surface area contributed by atoms with Crippen molar-refractivity contribution >= 4 is 81.2 Å². The summed E-state index contributed by atoms with van der Waals surface area (Å²) >= 11 is 23.5. The number of alkyl halides is 6. The maximum absolute atomic E-state index is 14.4. The molecule has 2 aliphatic heterocycles. The molecule has 2 heterocycles. The Labute approximate surface area is 367 Å². The predicted octanol–water partition coefficient (Wildman–Crippen LogP) is 11.3. The Morgan fingerprint density at radius 2 is 0.984 bits per heavy atom. The Balaban J connectivity index is 0.000000236. The molecule has 2 aliphatic rings. The van der Waals surface area contributed by atoms with Crippen LogP contribution in [0.3, 0.4) is 0 Å². The number of carbonyl (C=O) groups excluding carboxylic acids is 1. The quantitative estimate of drug-likeness (QED) is 0.0741. The number of carboxylic acid groups (broad SMARTS) is 1. The van der Waals surface area contributed by atoms with Crippen LogP contribution in [0.4, 0.5) is 26.3 Å². The molecule has 4 aromatic carbocycles. The summed E-state index contributed by atoms with van der Waals surface area (Å²) in [7, 11) is 0. The molecule has 12 nitrogen and oxygen atoms in total. The summed E-state index contributed by atoms with van der Waals surface area (Å²) in [6, 6.07) is 14.3. The van der Waals surface area contributed by atoms with Gasteiger partial charge in [-0.1, -0.05) is 79.2 Å². The molecule has 0 aromatic heterocycles. The highest BCUT2D eigenvalue weighted by Gasteiger charge is 2.68. The molecule has 3 N–H and O–H groups in total. The van der Waals surface area contributed by atoms with E-state index in [0.717, 1.165) is 24.3 Å². The first-order chi connectivity index (χ1) is 28.7. The monoisotopic (exact) mass is 948 g/mol. The Bertz CT molecular complexity index is 2550. The van der Waals surface area contributed by atoms with E-state index in [0.29, 0.717) is 5.56 Å². The van der Waals surface area contributed by atoms with E-state index in [9.17, 15) is 46.3 Å². The molecule has 328 valence electrons. The number of ether oxygens (including phenoxy) is 1. The number of hydrogen-bond acceptors (Lipinski definition) is 11. The number of carboxylic acids is 1. The Kier molecular flexibility index (Phi) is 13.3. The third-order valence-electron chi connectivity index (χ3n) is 9.05. The lowest BCUT2D eigenvalue weighted by molar-refractivity contribution is -0.250. The number of halogens is 10. The molecule has 0 saturated carbocycles. The second-order valence-corrected chi connectivity index (χ2v) is 16.2. The fourth-order valence-corrected chi connectivity index (χ4v) is 7.42. The molecular weight excluding hydrogens is 920 g/mol. The molecule has 62 heavy (non-hydrogen) atoms. The van der Waals surface area contributed by atoms with Gasteiger partial charge in [0, 0.05) is 42.3 Å². The van der Waals surface area contributed by atoms with Crippen molar-refractivity contribution in [2.45, 2.75) is 63.8 Å². The zero-order chi connectivity index (χ0) is 46.3. The van der Waals surface area contributed by atoms with Gasteiger partial charge in [-0.15, -0.1) is 0 Å². The lowest BCUT2D eigenvalue weighted by atomic mass is 9.84. The number of rotatable bonds is 6. The van der Waals surface area contributed by atoms with Crippen molar-refractivity contribution in [2.24, 2.45) is 20.6 Å². The van der Waals surface area contributed by atoms with Gasteiger partial charge in [0.2, 0.25) is 0 Å². The predicted molar refractivity (Wildman–Crippen MR) is 217 cm³/mol. The third-order valence-corrected chi connectivity index (χ3v) is 9.92. The van der Waals surface area contributed by atoms with E-state index in [1.54, 1.807) is 27.7 Å². The molecule has 0 radical (unpaired) electrons. The number of benzene rings is 4. The van der Waals surface area contributed by atoms with Gasteiger partial charge in [-0.25, -0.2) is 9.59 Å². The van der Waals surface area contributed by atoms with Crippen LogP contribution in [0, 0.1) is 13.8 Å². The van der Waals surface area contributed by atoms with Gasteiger partial charge >= 0.3 is 35.5 Å². The van der Waals surface area contributed by atoms with E-state index in [-0.39, 0.29) is 53.6 Å². The molecule has 0 spiro atoms. The Hall–Kier alpha value is -5.56. The van der Waals surface area contributed by atoms with Crippen LogP contribution in [0.2, 0.25) is 20.1 Å². The highest BCUT2D eigenvalue weighted by molar-refractivity contribution is 6.52. The van der Waals surface area contributed by atoms with Crippen molar-refractivity contribution in [3.63, 3.8) is 0 Å². The molecule has 4 aromatic rings. The zero-order valence-electron chi connectivity index (χ0n) is 32.4. The Morgan fingerprint density at radius 1 is 0.629 bits per heavy atom. The van der Waals surface area contributed by atoms with Crippen molar-refractivity contribution in [3.05, 3.63) is 137 Å². The van der Waals surface area contributed by atoms with Crippen LogP contribution >= 0.6 is 46.4 Å². The normalized spacial score (nSPS) is 20.2. The van der Waals surface area contributed by atoms with Crippen molar-refractivity contribution in [1.82, 2.24) is 0 Å². The molecule has 2 atom stereocenters. The zero-order valence-corrected chi connectivity index (χ0v) is 35.4. The fraction of sp³-hybridized carbons (Fsp3) is 0.250. The first-order valence-corrected chi connectivity index (χ1v) is 18.9. The summed E-state index contributed by atoms with van der Waals surface area (Å²) in [5, 5.41) is 40.7. The number of oxime groups is 4. The molecule has 2 unspecified atom stereocenters. The van der Waals surface area contributed by atoms with Crippen molar-refractivity contribution < 1.29 is 65.9 Å². The van der Waals surface area contributed by atoms with Gasteiger partial charge in [-0.3, -0.25) is 0 Å². The van der Waals surface area contributed by atoms with Crippen LogP contribution in [0.1, 0.15) is 74.9 Å². The largest absolute Gasteiger partial charge is 0.478 e. The van der Waals surface area contributed by atoms with Crippen LogP contribution in [-0.4, -0.2) is 68.3 Å². The van der Waals surface area contributed by atoms with E-state index in [1.165, 1.54) is 55.5 Å². The average molecular weight is 950 g/mol. The Morgan fingerprint density at radius 3 is 1.27 bits per heavy atom. The number of carbonyl (C=O) groups is 2. The average Bonchev–Trinajstić information content (AvgIpc) is 3.74. The lowest BCUT2D eigenvalue weighted by Crippen LogP contribution is -2.50. The smallest absolute Gasteiger partial charge is 0.441 e. The van der Waals surface area contributed by atoms with E-state index in [2.05, 4.69) is 20.6 Å². The maximum Gasteiger partial charge on any atom is 0.441 e. The van der Waals surface area contributed by atoms with Crippen LogP contribution < -0.4 is 0 Å². The van der Waals surface area contributed by atoms with Gasteiger partial charge in [0.1, 0.15) is 17.0 Å². The summed E-state index contributed by atoms with van der Waals surface area (Å²) in [5.41, 5.74) is -9.85. The number of aromatic carboxylic acids is 1. The number of hydrogen-bond donors (Lipinski definition) is 3. The van der Waals surface area contributed by atoms with Gasteiger partial charge in [0.25, 0.3) is 0 Å². The standard InChI is InChI=1S/C22H19Cl2F3N2O4.C18H11Cl2F3N2O4/c1-11-7-12(5-6-16(11)19(30)32-20(2,3)4)17-18(28-31)21(33-29-17,22(25,26)27)13-8-14(23)10-15(24)9-13;1-8-4-9(2-3-13(8)16(26)27)14-15(24-28)17(29-25-14,18(21,22)23)10-5-11(19)7-12(20)6-10/h5-10,31H,1-4H3;2-7,28H,1H3,(H,26,27)/b28-18+;24-15+. The number of esters is 1. The highest BCUT2D eigenvalue weighted by atomic mass is 35.5. The minimum atomic E-state index is -5.11. The second kappa shape index (κ2) is 17.3. The van der Waals surface area contributed by atoms with E-state index in [1.807, 2.05) is 0 Å². The summed E-state index contributed by atoms with van der Waals surface area (Å²) < 4.78 is 91.0. The molecule has 0 bridgehead atoms. The number of nitrogens with zero attached hydrogens (tertiary/aromatic N) is 4. The molecule has 6 rings (SSSR count). The SMILES string of the molecule is Cc1cc(C2=NOC(c3cc(Cl)cc(Cl)c3)(C(F)(F)F)/C2=N/O)ccc1C(=O)O.Cc1cc(C2=NOC(c3cc(Cl)cc(Cl)c3)(C(F)(F)F)/C2=N/O)ccc1C(=O)OC(C)(C)C. The molecule has 22 heteroatoms. The van der Waals surface area contributed by atoms with Gasteiger partial charge in [0.05, 0.1) is 11.1 Å². The lowest BCUT2D eigenvalue weighted by Gasteiger charge is -2.29. The third kappa shape index (κ3) is 9.00. The van der Waals surface area contributed by atoms with Crippen molar-refractivity contribution in [2.75, 3.05) is 0 Å². The van der Waals surface area contributed by atoms with E-state index >= 15 is 0 Å². The van der Waals surface area contributed by atoms with E-state index < -0.39 is 69.4 Å². The first kappa shape index (κ1) is 47.5. The summed E-state index contributed by atoms with van der Waals surface area (Å²) in [6.45, 7) is 8.18. The van der Waals surface area contributed by atoms with Gasteiger partial charge in [-0.2, -0.15) is 26.3 Å². The fourth-order valence-electron chi connectivity index (χ4n) is 6.37. The first-order valence-electron chi connectivity index (χ1n) is 17.4. The summed E-state index contributed by atoms with van der Waals surface area (Å²) in [6.07, 6.45) is -10.2. The molecule has 0 saturated heterocycles. The molecule has 0 fully saturated rings. The van der Waals surface area contributed by atoms with Gasteiger partial charge in [0.15, 0.2) is 11.4 Å². The van der Waals surface area contributed by atoms with Crippen molar-refractivity contribution in [1.29, 1.82) is 0 Å². The minimum Gasteiger partial charge on any atom is -0.478 e. The maximum atomic E-state index is 14.4. The summed E-state index contributed by atoms with van der Waals surface area (Å²) in [5.74, 6) is -1.79. The molecular formula is C40H30Cl4F6N4O8. The van der Waals surface area contributed by atoms with Crippen LogP contribution in [0.5, 0.6) is 0 Å². The van der Waals surface area contributed by atoms with Crippen molar-refractivity contribution in [3.8, 4) is 0 Å². The van der Waals surface area contributed by atoms with Crippen LogP contribution in [0.25, 0.3) is 0 Å². The van der Waals surface area contributed by atoms with Crippen LogP contribution in [0.15, 0.2) is 93.4 Å². The highest BCUT2D eigenvalue weighted by Crippen LogP contribution is 2.50.